The van der Waals surface area contributed by atoms with E-state index in [0.29, 0.717) is 23.2 Å². The first-order chi connectivity index (χ1) is 15.4. The average Bonchev–Trinajstić information content (AvgIpc) is 3.51. The van der Waals surface area contributed by atoms with E-state index in [-0.39, 0.29) is 5.82 Å². The van der Waals surface area contributed by atoms with E-state index >= 15 is 0 Å². The van der Waals surface area contributed by atoms with Gasteiger partial charge in [-0.1, -0.05) is 11.6 Å². The van der Waals surface area contributed by atoms with Crippen LogP contribution in [0.5, 0.6) is 0 Å². The number of benzene rings is 1. The second kappa shape index (κ2) is 8.13. The highest BCUT2D eigenvalue weighted by molar-refractivity contribution is 6.31. The normalized spacial score (nSPS) is 13.7. The second-order valence-corrected chi connectivity index (χ2v) is 8.87. The van der Waals surface area contributed by atoms with Crippen molar-refractivity contribution in [2.45, 2.75) is 46.6 Å². The largest absolute Gasteiger partial charge is 0.268 e. The van der Waals surface area contributed by atoms with Gasteiger partial charge >= 0.3 is 0 Å². The van der Waals surface area contributed by atoms with E-state index < -0.39 is 0 Å². The fraction of sp³-hybridized carbons (Fsp3) is 0.333. The zero-order chi connectivity index (χ0) is 22.4. The Bertz CT molecular complexity index is 1290. The summed E-state index contributed by atoms with van der Waals surface area (Å²) >= 11 is 6.32. The Hall–Kier alpha value is -3.06. The van der Waals surface area contributed by atoms with Gasteiger partial charge in [0.15, 0.2) is 5.82 Å². The lowest BCUT2D eigenvalue weighted by atomic mass is 10.0. The van der Waals surface area contributed by atoms with E-state index in [0.717, 1.165) is 46.1 Å². The van der Waals surface area contributed by atoms with Gasteiger partial charge in [0.25, 0.3) is 0 Å². The first-order valence-corrected chi connectivity index (χ1v) is 11.1. The fourth-order valence-electron chi connectivity index (χ4n) is 4.00. The van der Waals surface area contributed by atoms with Crippen LogP contribution in [0, 0.1) is 32.5 Å². The Morgan fingerprint density at radius 3 is 2.47 bits per heavy atom. The average molecular weight is 451 g/mol. The van der Waals surface area contributed by atoms with Crippen LogP contribution in [0.15, 0.2) is 36.7 Å². The van der Waals surface area contributed by atoms with Crippen LogP contribution in [0.3, 0.4) is 0 Å². The predicted octanol–water partition coefficient (Wildman–Crippen LogP) is 5.24. The molecule has 0 unspecified atom stereocenters. The van der Waals surface area contributed by atoms with Gasteiger partial charge in [0.05, 0.1) is 27.8 Å². The highest BCUT2D eigenvalue weighted by Gasteiger charge is 2.25. The highest BCUT2D eigenvalue weighted by Crippen LogP contribution is 2.33. The maximum Gasteiger partial charge on any atom is 0.157 e. The molecule has 1 aliphatic rings. The summed E-state index contributed by atoms with van der Waals surface area (Å²) in [6.07, 6.45) is 4.66. The van der Waals surface area contributed by atoms with Crippen molar-refractivity contribution in [3.63, 3.8) is 0 Å². The molecule has 0 saturated heterocycles. The van der Waals surface area contributed by atoms with Crippen LogP contribution < -0.4 is 0 Å². The van der Waals surface area contributed by atoms with Gasteiger partial charge in [-0.25, -0.2) is 19.0 Å². The summed E-state index contributed by atoms with van der Waals surface area (Å²) < 4.78 is 17.3. The number of aryl methyl sites for hydroxylation is 1. The summed E-state index contributed by atoms with van der Waals surface area (Å²) in [6, 6.07) is 8.47. The van der Waals surface area contributed by atoms with Crippen LogP contribution in [-0.4, -0.2) is 29.5 Å². The van der Waals surface area contributed by atoms with E-state index in [1.165, 1.54) is 25.0 Å². The molecule has 1 saturated carbocycles. The van der Waals surface area contributed by atoms with Gasteiger partial charge < -0.3 is 0 Å². The molecule has 0 atom stereocenters. The molecule has 0 bridgehead atoms. The molecule has 164 valence electrons. The van der Waals surface area contributed by atoms with Crippen molar-refractivity contribution in [2.24, 2.45) is 5.92 Å². The van der Waals surface area contributed by atoms with Crippen molar-refractivity contribution < 1.29 is 4.39 Å². The summed E-state index contributed by atoms with van der Waals surface area (Å²) in [7, 11) is 0. The molecule has 1 fully saturated rings. The van der Waals surface area contributed by atoms with Crippen LogP contribution in [0.2, 0.25) is 5.02 Å². The van der Waals surface area contributed by atoms with Gasteiger partial charge in [-0.05, 0) is 69.4 Å². The molecule has 6 nitrogen and oxygen atoms in total. The molecule has 0 spiro atoms. The van der Waals surface area contributed by atoms with Gasteiger partial charge in [-0.2, -0.15) is 10.2 Å². The fourth-order valence-corrected chi connectivity index (χ4v) is 4.12. The van der Waals surface area contributed by atoms with E-state index in [9.17, 15) is 4.39 Å². The second-order valence-electron chi connectivity index (χ2n) is 8.49. The summed E-state index contributed by atoms with van der Waals surface area (Å²) in [4.78, 5) is 8.92. The predicted molar refractivity (Wildman–Crippen MR) is 122 cm³/mol. The van der Waals surface area contributed by atoms with Gasteiger partial charge in [0.1, 0.15) is 12.1 Å². The summed E-state index contributed by atoms with van der Waals surface area (Å²) in [5.74, 6) is 1.11. The Balaban J connectivity index is 1.52. The smallest absolute Gasteiger partial charge is 0.157 e. The molecule has 5 rings (SSSR count). The van der Waals surface area contributed by atoms with Gasteiger partial charge in [0.2, 0.25) is 0 Å². The number of halogens is 2. The van der Waals surface area contributed by atoms with Crippen LogP contribution in [0.1, 0.15) is 41.2 Å². The van der Waals surface area contributed by atoms with Crippen LogP contribution >= 0.6 is 11.6 Å². The summed E-state index contributed by atoms with van der Waals surface area (Å²) in [6.45, 7) is 6.77. The van der Waals surface area contributed by atoms with Crippen molar-refractivity contribution in [3.05, 3.63) is 75.8 Å². The lowest BCUT2D eigenvalue weighted by Crippen LogP contribution is -2.10. The molecule has 32 heavy (non-hydrogen) atoms. The molecular weight excluding hydrogens is 427 g/mol. The van der Waals surface area contributed by atoms with E-state index in [2.05, 4.69) is 26.7 Å². The molecule has 4 aromatic rings. The van der Waals surface area contributed by atoms with Crippen molar-refractivity contribution in [1.29, 1.82) is 0 Å². The minimum atomic E-state index is -0.248. The monoisotopic (exact) mass is 450 g/mol. The van der Waals surface area contributed by atoms with Crippen LogP contribution in [0.25, 0.3) is 17.1 Å². The van der Waals surface area contributed by atoms with Crippen molar-refractivity contribution in [1.82, 2.24) is 29.5 Å². The first-order valence-electron chi connectivity index (χ1n) is 10.8. The molecule has 3 aromatic heterocycles. The molecule has 8 heteroatoms. The van der Waals surface area contributed by atoms with Gasteiger partial charge in [0, 0.05) is 30.3 Å². The molecule has 3 heterocycles. The maximum absolute atomic E-state index is 13.4. The standard InChI is InChI=1S/C24H24ClFN6/c1-14-21(10-20-11-22(28-13-27-20)32-16(3)23(25)15(2)29-32)31(12-17-4-5-17)30-24(14)18-6-8-19(26)9-7-18/h6-9,11,13,17H,4-5,10,12H2,1-3H3. The summed E-state index contributed by atoms with van der Waals surface area (Å²) in [5, 5.41) is 10.1. The van der Waals surface area contributed by atoms with E-state index in [1.807, 2.05) is 19.9 Å². The minimum absolute atomic E-state index is 0.248. The molecule has 0 N–H and O–H groups in total. The Kier molecular flexibility index (Phi) is 5.29. The molecule has 1 aliphatic carbocycles. The van der Waals surface area contributed by atoms with E-state index in [1.54, 1.807) is 23.1 Å². The molecular formula is C24H24ClFN6. The number of hydrogen-bond donors (Lipinski definition) is 0. The third kappa shape index (κ3) is 3.93. The Morgan fingerprint density at radius 2 is 1.81 bits per heavy atom. The van der Waals surface area contributed by atoms with Gasteiger partial charge in [-0.3, -0.25) is 4.68 Å². The third-order valence-electron chi connectivity index (χ3n) is 6.04. The first kappa shape index (κ1) is 20.8. The molecule has 0 amide bonds. The van der Waals surface area contributed by atoms with Crippen molar-refractivity contribution in [3.8, 4) is 17.1 Å². The number of nitrogens with zero attached hydrogens (tertiary/aromatic N) is 6. The van der Waals surface area contributed by atoms with Gasteiger partial charge in [-0.15, -0.1) is 0 Å². The Morgan fingerprint density at radius 1 is 1.06 bits per heavy atom. The summed E-state index contributed by atoms with van der Waals surface area (Å²) in [5.41, 5.74) is 6.51. The lowest BCUT2D eigenvalue weighted by molar-refractivity contribution is 0.544. The molecule has 0 aliphatic heterocycles. The Labute approximate surface area is 191 Å². The van der Waals surface area contributed by atoms with Crippen molar-refractivity contribution >= 4 is 11.6 Å². The van der Waals surface area contributed by atoms with Crippen LogP contribution in [-0.2, 0) is 13.0 Å². The lowest BCUT2D eigenvalue weighted by Gasteiger charge is -2.09. The quantitative estimate of drug-likeness (QED) is 0.403. The highest BCUT2D eigenvalue weighted by atomic mass is 35.5. The maximum atomic E-state index is 13.4. The van der Waals surface area contributed by atoms with E-state index in [4.69, 9.17) is 16.7 Å². The number of hydrogen-bond acceptors (Lipinski definition) is 4. The number of aromatic nitrogens is 6. The SMILES string of the molecule is Cc1nn(-c2cc(Cc3c(C)c(-c4ccc(F)cc4)nn3CC3CC3)ncn2)c(C)c1Cl. The topological polar surface area (TPSA) is 61.4 Å². The molecule has 1 aromatic carbocycles. The zero-order valence-corrected chi connectivity index (χ0v) is 19.1. The number of rotatable bonds is 6. The van der Waals surface area contributed by atoms with Crippen molar-refractivity contribution in [2.75, 3.05) is 0 Å². The third-order valence-corrected chi connectivity index (χ3v) is 6.59. The zero-order valence-electron chi connectivity index (χ0n) is 18.3. The molecule has 0 radical (unpaired) electrons. The minimum Gasteiger partial charge on any atom is -0.268 e. The van der Waals surface area contributed by atoms with Crippen LogP contribution in [0.4, 0.5) is 4.39 Å².